The van der Waals surface area contributed by atoms with Crippen LogP contribution in [0.4, 0.5) is 0 Å². The van der Waals surface area contributed by atoms with Crippen LogP contribution in [0.3, 0.4) is 0 Å². The summed E-state index contributed by atoms with van der Waals surface area (Å²) in [5.41, 5.74) is 1.68. The highest BCUT2D eigenvalue weighted by Gasteiger charge is 2.62. The highest BCUT2D eigenvalue weighted by atomic mass is 16.6. The number of oxime groups is 1. The number of aliphatic hydroxyl groups is 2. The molecule has 0 aliphatic heterocycles. The summed E-state index contributed by atoms with van der Waals surface area (Å²) in [6.45, 7) is 6.18. The van der Waals surface area contributed by atoms with Crippen molar-refractivity contribution >= 4 is 17.6 Å². The number of allylic oxidation sites excluding steroid dienone is 4. The number of carbonyl (C=O) groups is 2. The van der Waals surface area contributed by atoms with Gasteiger partial charge in [0.15, 0.2) is 12.6 Å². The molecular formula is C31H40N2O6. The number of fused-ring (bicyclic) bond motifs is 5. The van der Waals surface area contributed by atoms with Crippen LogP contribution in [0, 0.1) is 28.6 Å². The highest BCUT2D eigenvalue weighted by Crippen LogP contribution is 2.66. The Morgan fingerprint density at radius 1 is 1.10 bits per heavy atom. The molecule has 1 amide bonds. The largest absolute Gasteiger partial charge is 0.480 e. The second-order valence-electron chi connectivity index (χ2n) is 12.5. The lowest BCUT2D eigenvalue weighted by molar-refractivity contribution is -0.146. The van der Waals surface area contributed by atoms with Crippen LogP contribution in [0.1, 0.15) is 71.0 Å². The number of hydrogen-bond donors (Lipinski definition) is 4. The van der Waals surface area contributed by atoms with Crippen molar-refractivity contribution in [3.8, 4) is 0 Å². The quantitative estimate of drug-likeness (QED) is 0.388. The third kappa shape index (κ3) is 4.82. The summed E-state index contributed by atoms with van der Waals surface area (Å²) in [5, 5.41) is 37.5. The Hall–Kier alpha value is -2.97. The van der Waals surface area contributed by atoms with E-state index in [1.54, 1.807) is 30.3 Å². The fourth-order valence-electron chi connectivity index (χ4n) is 8.01. The molecule has 5 rings (SSSR count). The summed E-state index contributed by atoms with van der Waals surface area (Å²) >= 11 is 0. The summed E-state index contributed by atoms with van der Waals surface area (Å²) < 4.78 is 0. The molecule has 5 unspecified atom stereocenters. The number of hydrogen-bond acceptors (Lipinski definition) is 6. The van der Waals surface area contributed by atoms with Gasteiger partial charge in [0.25, 0.3) is 5.91 Å². The molecule has 0 heterocycles. The molecule has 8 nitrogen and oxygen atoms in total. The molecule has 210 valence electrons. The van der Waals surface area contributed by atoms with Crippen LogP contribution in [0.5, 0.6) is 0 Å². The summed E-state index contributed by atoms with van der Waals surface area (Å²) in [6.07, 6.45) is 11.0. The minimum atomic E-state index is -1.51. The van der Waals surface area contributed by atoms with E-state index in [4.69, 9.17) is 4.84 Å². The van der Waals surface area contributed by atoms with E-state index in [1.807, 2.05) is 13.0 Å². The number of carboxylic acids is 1. The minimum absolute atomic E-state index is 0.0120. The molecule has 0 spiro atoms. The molecule has 1 aromatic rings. The van der Waals surface area contributed by atoms with Crippen molar-refractivity contribution in [3.63, 3.8) is 0 Å². The Bertz CT molecular complexity index is 1210. The van der Waals surface area contributed by atoms with E-state index in [9.17, 15) is 24.9 Å². The van der Waals surface area contributed by atoms with Crippen molar-refractivity contribution in [3.05, 3.63) is 59.7 Å². The van der Waals surface area contributed by atoms with Crippen molar-refractivity contribution in [1.82, 2.24) is 5.32 Å². The van der Waals surface area contributed by atoms with Gasteiger partial charge in [-0.25, -0.2) is 4.79 Å². The first-order valence-electron chi connectivity index (χ1n) is 14.0. The molecule has 3 saturated carbocycles. The number of aliphatic hydroxyl groups excluding tert-OH is 1. The Labute approximate surface area is 229 Å². The molecule has 4 aliphatic rings. The van der Waals surface area contributed by atoms with Crippen LogP contribution in [0.15, 0.2) is 59.3 Å². The van der Waals surface area contributed by atoms with Crippen molar-refractivity contribution in [2.24, 2.45) is 33.7 Å². The van der Waals surface area contributed by atoms with Gasteiger partial charge in [0.05, 0.1) is 5.60 Å². The zero-order valence-corrected chi connectivity index (χ0v) is 23.0. The van der Waals surface area contributed by atoms with Crippen molar-refractivity contribution in [2.45, 2.75) is 77.0 Å². The number of carbonyl (C=O) groups excluding carboxylic acids is 1. The van der Waals surface area contributed by atoms with Crippen LogP contribution in [0.2, 0.25) is 0 Å². The molecule has 39 heavy (non-hydrogen) atoms. The molecule has 8 atom stereocenters. The van der Waals surface area contributed by atoms with Crippen molar-refractivity contribution in [1.29, 1.82) is 0 Å². The van der Waals surface area contributed by atoms with Crippen molar-refractivity contribution < 1.29 is 29.7 Å². The standard InChI is InChI=1S/C31H40N2O6/c1-29-14-11-21(33-39-18-25(34)32-26(28(36)37)27(35)19-7-5-4-6-8-19)17-20(29)9-10-22-23(29)12-15-30(2)24(22)13-16-31(30,3)38/h4-8,11,14,17,22-24,26-27,35,38H,9-10,12-13,15-16,18H2,1-3H3,(H,32,34)(H,36,37)/b33-21+/t22?,23?,24?,26?,27?,29-,30-,31-/m0/s1. The lowest BCUT2D eigenvalue weighted by atomic mass is 9.47. The second kappa shape index (κ2) is 10.2. The van der Waals surface area contributed by atoms with E-state index >= 15 is 0 Å². The Morgan fingerprint density at radius 2 is 1.82 bits per heavy atom. The van der Waals surface area contributed by atoms with E-state index in [2.05, 4.69) is 36.5 Å². The van der Waals surface area contributed by atoms with Gasteiger partial charge in [-0.1, -0.05) is 61.0 Å². The third-order valence-corrected chi connectivity index (χ3v) is 10.5. The first kappa shape index (κ1) is 27.6. The lowest BCUT2D eigenvalue weighted by Crippen LogP contribution is -2.53. The summed E-state index contributed by atoms with van der Waals surface area (Å²) in [4.78, 5) is 29.4. The van der Waals surface area contributed by atoms with Gasteiger partial charge in [0.2, 0.25) is 0 Å². The van der Waals surface area contributed by atoms with Gasteiger partial charge in [-0.2, -0.15) is 0 Å². The Kier molecular flexibility index (Phi) is 7.22. The number of rotatable bonds is 7. The number of nitrogens with one attached hydrogen (secondary N) is 1. The molecule has 0 bridgehead atoms. The van der Waals surface area contributed by atoms with Gasteiger partial charge in [0, 0.05) is 5.41 Å². The maximum absolute atomic E-state index is 12.4. The molecule has 1 aromatic carbocycles. The average Bonchev–Trinajstić information content (AvgIpc) is 3.16. The van der Waals surface area contributed by atoms with Crippen molar-refractivity contribution in [2.75, 3.05) is 6.61 Å². The SMILES string of the molecule is C[C@]12C=C/C(=N\OCC(=O)NC(C(=O)O)C(O)c3ccccc3)C=C1CCC1C2CC[C@@]2(C)C1CC[C@]2(C)O. The van der Waals surface area contributed by atoms with E-state index in [0.29, 0.717) is 29.0 Å². The number of benzene rings is 1. The molecule has 0 radical (unpaired) electrons. The van der Waals surface area contributed by atoms with Gasteiger partial charge in [-0.05, 0) is 86.3 Å². The lowest BCUT2D eigenvalue weighted by Gasteiger charge is -2.58. The van der Waals surface area contributed by atoms with E-state index in [1.165, 1.54) is 5.57 Å². The number of nitrogens with zero attached hydrogens (tertiary/aromatic N) is 1. The van der Waals surface area contributed by atoms with Crippen LogP contribution in [-0.4, -0.2) is 51.2 Å². The molecule has 0 aromatic heterocycles. The molecule has 3 fully saturated rings. The maximum Gasteiger partial charge on any atom is 0.329 e. The summed E-state index contributed by atoms with van der Waals surface area (Å²) in [6, 6.07) is 6.82. The third-order valence-electron chi connectivity index (χ3n) is 10.5. The Balaban J connectivity index is 1.21. The van der Waals surface area contributed by atoms with Crippen LogP contribution in [-0.2, 0) is 14.4 Å². The molecule has 0 saturated heterocycles. The van der Waals surface area contributed by atoms with Gasteiger partial charge in [-0.3, -0.25) is 4.79 Å². The van der Waals surface area contributed by atoms with Crippen LogP contribution >= 0.6 is 0 Å². The average molecular weight is 537 g/mol. The first-order valence-corrected chi connectivity index (χ1v) is 14.0. The van der Waals surface area contributed by atoms with Crippen LogP contribution < -0.4 is 5.32 Å². The normalized spacial score (nSPS) is 37.6. The van der Waals surface area contributed by atoms with Gasteiger partial charge in [-0.15, -0.1) is 0 Å². The summed E-state index contributed by atoms with van der Waals surface area (Å²) in [5.74, 6) is -0.360. The molecular weight excluding hydrogens is 496 g/mol. The molecule has 8 heteroatoms. The van der Waals surface area contributed by atoms with E-state index in [0.717, 1.165) is 38.5 Å². The first-order chi connectivity index (χ1) is 18.5. The second-order valence-corrected chi connectivity index (χ2v) is 12.5. The smallest absolute Gasteiger partial charge is 0.329 e. The van der Waals surface area contributed by atoms with Gasteiger partial charge >= 0.3 is 5.97 Å². The highest BCUT2D eigenvalue weighted by molar-refractivity contribution is 6.05. The van der Waals surface area contributed by atoms with Gasteiger partial charge in [0.1, 0.15) is 11.8 Å². The summed E-state index contributed by atoms with van der Waals surface area (Å²) in [7, 11) is 0. The Morgan fingerprint density at radius 3 is 2.54 bits per heavy atom. The fourth-order valence-corrected chi connectivity index (χ4v) is 8.01. The predicted molar refractivity (Wildman–Crippen MR) is 147 cm³/mol. The van der Waals surface area contributed by atoms with Gasteiger partial charge < -0.3 is 25.5 Å². The minimum Gasteiger partial charge on any atom is -0.480 e. The molecule has 4 aliphatic carbocycles. The van der Waals surface area contributed by atoms with E-state index in [-0.39, 0.29) is 10.8 Å². The van der Waals surface area contributed by atoms with E-state index < -0.39 is 36.2 Å². The monoisotopic (exact) mass is 536 g/mol. The van der Waals surface area contributed by atoms with Crippen LogP contribution in [0.25, 0.3) is 0 Å². The number of aliphatic carboxylic acids is 1. The number of carboxylic acid groups (broad SMARTS) is 1. The zero-order chi connectivity index (χ0) is 28.0. The molecule has 4 N–H and O–H groups in total. The number of amides is 1. The maximum atomic E-state index is 12.4. The topological polar surface area (TPSA) is 128 Å². The zero-order valence-electron chi connectivity index (χ0n) is 23.0. The predicted octanol–water partition coefficient (Wildman–Crippen LogP) is 4.15. The fraction of sp³-hybridized carbons (Fsp3) is 0.581.